The third-order valence-electron chi connectivity index (χ3n) is 4.35. The standard InChI is InChI=1S/C15H25NO4/c1-5-15(6-2)8-12(17)16(14(15)20)9-11(13(18)19)7-10(3)4/h10-11H,5-9H2,1-4H3,(H,18,19). The minimum Gasteiger partial charge on any atom is -0.481 e. The molecule has 20 heavy (non-hydrogen) atoms. The Morgan fingerprint density at radius 2 is 1.85 bits per heavy atom. The molecule has 5 heteroatoms. The lowest BCUT2D eigenvalue weighted by Crippen LogP contribution is -2.40. The van der Waals surface area contributed by atoms with Crippen molar-refractivity contribution in [2.45, 2.75) is 53.4 Å². The van der Waals surface area contributed by atoms with Gasteiger partial charge in [0.1, 0.15) is 0 Å². The van der Waals surface area contributed by atoms with E-state index < -0.39 is 17.3 Å². The number of rotatable bonds is 7. The van der Waals surface area contributed by atoms with Crippen LogP contribution in [-0.4, -0.2) is 34.3 Å². The van der Waals surface area contributed by atoms with E-state index in [0.717, 1.165) is 0 Å². The van der Waals surface area contributed by atoms with Crippen LogP contribution < -0.4 is 0 Å². The molecule has 1 atom stereocenters. The molecule has 5 nitrogen and oxygen atoms in total. The van der Waals surface area contributed by atoms with Gasteiger partial charge >= 0.3 is 5.97 Å². The van der Waals surface area contributed by atoms with Crippen LogP contribution in [-0.2, 0) is 14.4 Å². The first-order valence-electron chi connectivity index (χ1n) is 7.35. The number of hydrogen-bond acceptors (Lipinski definition) is 3. The summed E-state index contributed by atoms with van der Waals surface area (Å²) in [7, 11) is 0. The predicted octanol–water partition coefficient (Wildman–Crippen LogP) is 2.30. The molecular weight excluding hydrogens is 258 g/mol. The van der Waals surface area contributed by atoms with Crippen molar-refractivity contribution in [1.29, 1.82) is 0 Å². The second-order valence-corrected chi connectivity index (χ2v) is 6.14. The highest BCUT2D eigenvalue weighted by atomic mass is 16.4. The Labute approximate surface area is 120 Å². The van der Waals surface area contributed by atoms with Gasteiger partial charge in [0.05, 0.1) is 11.3 Å². The van der Waals surface area contributed by atoms with Crippen molar-refractivity contribution >= 4 is 17.8 Å². The fourth-order valence-electron chi connectivity index (χ4n) is 2.89. The van der Waals surface area contributed by atoms with Gasteiger partial charge in [-0.1, -0.05) is 27.7 Å². The van der Waals surface area contributed by atoms with Crippen LogP contribution in [0.5, 0.6) is 0 Å². The highest BCUT2D eigenvalue weighted by Crippen LogP contribution is 2.39. The number of amides is 2. The second kappa shape index (κ2) is 6.37. The Morgan fingerprint density at radius 1 is 1.30 bits per heavy atom. The van der Waals surface area contributed by atoms with E-state index in [2.05, 4.69) is 0 Å². The van der Waals surface area contributed by atoms with Crippen LogP contribution in [0.25, 0.3) is 0 Å². The lowest BCUT2D eigenvalue weighted by molar-refractivity contribution is -0.147. The number of imide groups is 1. The highest BCUT2D eigenvalue weighted by Gasteiger charge is 2.49. The van der Waals surface area contributed by atoms with Gasteiger partial charge in [0.15, 0.2) is 0 Å². The molecule has 1 unspecified atom stereocenters. The average molecular weight is 283 g/mol. The van der Waals surface area contributed by atoms with Gasteiger partial charge in [-0.25, -0.2) is 0 Å². The van der Waals surface area contributed by atoms with Crippen molar-refractivity contribution in [1.82, 2.24) is 4.90 Å². The van der Waals surface area contributed by atoms with Gasteiger partial charge < -0.3 is 5.11 Å². The zero-order valence-corrected chi connectivity index (χ0v) is 12.8. The van der Waals surface area contributed by atoms with E-state index in [1.807, 2.05) is 27.7 Å². The Balaban J connectivity index is 2.88. The highest BCUT2D eigenvalue weighted by molar-refractivity contribution is 6.06. The van der Waals surface area contributed by atoms with Crippen molar-refractivity contribution < 1.29 is 19.5 Å². The van der Waals surface area contributed by atoms with Crippen LogP contribution in [0.4, 0.5) is 0 Å². The maximum absolute atomic E-state index is 12.5. The molecule has 0 saturated carbocycles. The number of carboxylic acids is 1. The van der Waals surface area contributed by atoms with E-state index in [-0.39, 0.29) is 30.7 Å². The first kappa shape index (κ1) is 16.7. The molecule has 1 saturated heterocycles. The number of hydrogen-bond donors (Lipinski definition) is 1. The summed E-state index contributed by atoms with van der Waals surface area (Å²) in [6.45, 7) is 7.69. The molecule has 0 spiro atoms. The van der Waals surface area contributed by atoms with E-state index in [0.29, 0.717) is 19.3 Å². The average Bonchev–Trinajstić information content (AvgIpc) is 2.61. The summed E-state index contributed by atoms with van der Waals surface area (Å²) in [5, 5.41) is 9.25. The summed E-state index contributed by atoms with van der Waals surface area (Å²) in [6.07, 6.45) is 1.92. The summed E-state index contributed by atoms with van der Waals surface area (Å²) in [4.78, 5) is 37.0. The number of carboxylic acid groups (broad SMARTS) is 1. The predicted molar refractivity (Wildman–Crippen MR) is 74.9 cm³/mol. The maximum atomic E-state index is 12.5. The molecule has 1 fully saturated rings. The fraction of sp³-hybridized carbons (Fsp3) is 0.800. The Hall–Kier alpha value is -1.39. The van der Waals surface area contributed by atoms with Crippen LogP contribution in [0.1, 0.15) is 53.4 Å². The van der Waals surface area contributed by atoms with Crippen LogP contribution in [0.2, 0.25) is 0 Å². The van der Waals surface area contributed by atoms with Crippen molar-refractivity contribution in [2.75, 3.05) is 6.54 Å². The molecule has 0 aliphatic carbocycles. The SMILES string of the molecule is CCC1(CC)CC(=O)N(CC(CC(C)C)C(=O)O)C1=O. The largest absolute Gasteiger partial charge is 0.481 e. The third kappa shape index (κ3) is 3.19. The fourth-order valence-corrected chi connectivity index (χ4v) is 2.89. The van der Waals surface area contributed by atoms with Crippen LogP contribution >= 0.6 is 0 Å². The molecule has 0 radical (unpaired) electrons. The Bertz CT molecular complexity index is 399. The number of aliphatic carboxylic acids is 1. The molecule has 114 valence electrons. The van der Waals surface area contributed by atoms with E-state index in [1.54, 1.807) is 0 Å². The lowest BCUT2D eigenvalue weighted by Gasteiger charge is -2.25. The smallest absolute Gasteiger partial charge is 0.308 e. The minimum absolute atomic E-state index is 0.00687. The van der Waals surface area contributed by atoms with Gasteiger partial charge in [0, 0.05) is 13.0 Å². The zero-order valence-electron chi connectivity index (χ0n) is 12.8. The van der Waals surface area contributed by atoms with Crippen molar-refractivity contribution in [3.63, 3.8) is 0 Å². The molecule has 1 aliphatic rings. The zero-order chi connectivity index (χ0) is 15.5. The molecule has 1 N–H and O–H groups in total. The van der Waals surface area contributed by atoms with Crippen molar-refractivity contribution in [2.24, 2.45) is 17.3 Å². The van der Waals surface area contributed by atoms with E-state index in [4.69, 9.17) is 0 Å². The summed E-state index contributed by atoms with van der Waals surface area (Å²) >= 11 is 0. The third-order valence-corrected chi connectivity index (χ3v) is 4.35. The van der Waals surface area contributed by atoms with Gasteiger partial charge in [-0.2, -0.15) is 0 Å². The molecule has 1 aliphatic heterocycles. The number of likely N-dealkylation sites (tertiary alicyclic amines) is 1. The van der Waals surface area contributed by atoms with Crippen LogP contribution in [0, 0.1) is 17.3 Å². The van der Waals surface area contributed by atoms with Gasteiger partial charge in [0.25, 0.3) is 0 Å². The monoisotopic (exact) mass is 283 g/mol. The molecule has 1 heterocycles. The minimum atomic E-state index is -0.940. The molecule has 0 aromatic carbocycles. The summed E-state index contributed by atoms with van der Waals surface area (Å²) in [5.41, 5.74) is -0.613. The Kier molecular flexibility index (Phi) is 5.31. The first-order chi connectivity index (χ1) is 9.27. The van der Waals surface area contributed by atoms with E-state index >= 15 is 0 Å². The Morgan fingerprint density at radius 3 is 2.20 bits per heavy atom. The van der Waals surface area contributed by atoms with Crippen LogP contribution in [0.15, 0.2) is 0 Å². The van der Waals surface area contributed by atoms with Crippen molar-refractivity contribution in [3.05, 3.63) is 0 Å². The number of carbonyl (C=O) groups is 3. The summed E-state index contributed by atoms with van der Waals surface area (Å²) in [5.74, 6) is -1.82. The topological polar surface area (TPSA) is 74.7 Å². The first-order valence-corrected chi connectivity index (χ1v) is 7.35. The number of nitrogens with zero attached hydrogens (tertiary/aromatic N) is 1. The molecular formula is C15H25NO4. The maximum Gasteiger partial charge on any atom is 0.308 e. The van der Waals surface area contributed by atoms with Gasteiger partial charge in [0.2, 0.25) is 11.8 Å². The van der Waals surface area contributed by atoms with Crippen LogP contribution in [0.3, 0.4) is 0 Å². The molecule has 1 rings (SSSR count). The molecule has 0 aromatic rings. The van der Waals surface area contributed by atoms with Gasteiger partial charge in [-0.3, -0.25) is 19.3 Å². The quantitative estimate of drug-likeness (QED) is 0.727. The second-order valence-electron chi connectivity index (χ2n) is 6.14. The van der Waals surface area contributed by atoms with Gasteiger partial charge in [-0.15, -0.1) is 0 Å². The number of carbonyl (C=O) groups excluding carboxylic acids is 2. The molecule has 0 bridgehead atoms. The lowest BCUT2D eigenvalue weighted by atomic mass is 9.81. The molecule has 0 aromatic heterocycles. The van der Waals surface area contributed by atoms with E-state index in [1.165, 1.54) is 4.90 Å². The van der Waals surface area contributed by atoms with E-state index in [9.17, 15) is 19.5 Å². The summed E-state index contributed by atoms with van der Waals surface area (Å²) in [6, 6.07) is 0. The van der Waals surface area contributed by atoms with Gasteiger partial charge in [-0.05, 0) is 25.2 Å². The van der Waals surface area contributed by atoms with Crippen molar-refractivity contribution in [3.8, 4) is 0 Å². The molecule has 2 amide bonds. The normalized spacial score (nSPS) is 19.8. The summed E-state index contributed by atoms with van der Waals surface area (Å²) < 4.78 is 0.